The zero-order chi connectivity index (χ0) is 18.2. The van der Waals surface area contributed by atoms with E-state index in [-0.39, 0.29) is 37.0 Å². The van der Waals surface area contributed by atoms with E-state index >= 15 is 0 Å². The van der Waals surface area contributed by atoms with Crippen LogP contribution in [0.25, 0.3) is 0 Å². The predicted molar refractivity (Wildman–Crippen MR) is 82.7 cm³/mol. The van der Waals surface area contributed by atoms with Crippen molar-refractivity contribution < 1.29 is 33.1 Å². The fourth-order valence-corrected chi connectivity index (χ4v) is 1.97. The molecule has 134 valence electrons. The summed E-state index contributed by atoms with van der Waals surface area (Å²) in [7, 11) is 1.44. The fourth-order valence-electron chi connectivity index (χ4n) is 1.97. The number of ether oxygens (including phenoxy) is 2. The second-order valence-corrected chi connectivity index (χ2v) is 5.01. The van der Waals surface area contributed by atoms with Gasteiger partial charge in [0.1, 0.15) is 13.2 Å². The van der Waals surface area contributed by atoms with Crippen LogP contribution in [0.3, 0.4) is 0 Å². The number of aromatic nitrogens is 1. The second-order valence-electron chi connectivity index (χ2n) is 5.01. The topological polar surface area (TPSA) is 102 Å². The molecule has 0 saturated heterocycles. The Morgan fingerprint density at radius 3 is 2.80 bits per heavy atom. The van der Waals surface area contributed by atoms with Crippen LogP contribution in [-0.4, -0.2) is 53.8 Å². The van der Waals surface area contributed by atoms with E-state index < -0.39 is 24.2 Å². The number of hydrogen-bond donors (Lipinski definition) is 1. The number of amides is 1. The van der Waals surface area contributed by atoms with E-state index in [1.165, 1.54) is 31.4 Å². The smallest absolute Gasteiger partial charge is 0.323 e. The highest BCUT2D eigenvalue weighted by Crippen LogP contribution is 2.17. The fraction of sp³-hybridized carbons (Fsp3) is 0.312. The van der Waals surface area contributed by atoms with E-state index in [1.807, 2.05) is 0 Å². The summed E-state index contributed by atoms with van der Waals surface area (Å²) >= 11 is 0. The molecule has 2 aromatic rings. The van der Waals surface area contributed by atoms with Gasteiger partial charge in [-0.1, -0.05) is 17.3 Å². The van der Waals surface area contributed by atoms with Crippen molar-refractivity contribution in [2.45, 2.75) is 6.61 Å². The first kappa shape index (κ1) is 18.4. The molecule has 1 amide bonds. The van der Waals surface area contributed by atoms with Gasteiger partial charge in [0.05, 0.1) is 6.61 Å². The molecule has 1 aromatic heterocycles. The number of carbonyl (C=O) groups excluding carboxylic acids is 1. The van der Waals surface area contributed by atoms with Crippen LogP contribution in [0.15, 0.2) is 34.9 Å². The Kier molecular flexibility index (Phi) is 6.47. The molecule has 0 spiro atoms. The number of nitrogens with zero attached hydrogens (tertiary/aromatic N) is 2. The average Bonchev–Trinajstić information content (AvgIpc) is 3.06. The number of aliphatic carboxylic acids is 1. The van der Waals surface area contributed by atoms with Gasteiger partial charge >= 0.3 is 5.97 Å². The van der Waals surface area contributed by atoms with E-state index in [4.69, 9.17) is 19.1 Å². The molecule has 1 aromatic carbocycles. The summed E-state index contributed by atoms with van der Waals surface area (Å²) in [5.74, 6) is -2.05. The van der Waals surface area contributed by atoms with Gasteiger partial charge in [-0.05, 0) is 12.1 Å². The second kappa shape index (κ2) is 8.78. The highest BCUT2D eigenvalue weighted by Gasteiger charge is 2.22. The third-order valence-corrected chi connectivity index (χ3v) is 3.16. The van der Waals surface area contributed by atoms with Crippen LogP contribution >= 0.6 is 0 Å². The lowest BCUT2D eigenvalue weighted by Crippen LogP contribution is -2.38. The normalized spacial score (nSPS) is 10.5. The largest absolute Gasteiger partial charge is 0.482 e. The number of carboxylic acids is 1. The maximum absolute atomic E-state index is 13.5. The molecule has 0 saturated carbocycles. The zero-order valence-electron chi connectivity index (χ0n) is 13.5. The number of halogens is 1. The van der Waals surface area contributed by atoms with Gasteiger partial charge in [0, 0.05) is 19.7 Å². The molecule has 0 fully saturated rings. The van der Waals surface area contributed by atoms with E-state index in [9.17, 15) is 14.0 Å². The SMILES string of the molecule is COCCN(CC(=O)O)C(=O)c1cc(COc2ccccc2F)on1. The number of hydrogen-bond acceptors (Lipinski definition) is 6. The molecule has 0 radical (unpaired) electrons. The van der Waals surface area contributed by atoms with Crippen LogP contribution in [0.2, 0.25) is 0 Å². The van der Waals surface area contributed by atoms with Crippen LogP contribution in [0.4, 0.5) is 4.39 Å². The van der Waals surface area contributed by atoms with Crippen molar-refractivity contribution in [1.29, 1.82) is 0 Å². The molecule has 8 nitrogen and oxygen atoms in total. The van der Waals surface area contributed by atoms with Crippen molar-refractivity contribution in [3.8, 4) is 5.75 Å². The molecule has 1 heterocycles. The van der Waals surface area contributed by atoms with E-state index in [2.05, 4.69) is 5.16 Å². The lowest BCUT2D eigenvalue weighted by Gasteiger charge is -2.18. The molecule has 25 heavy (non-hydrogen) atoms. The monoisotopic (exact) mass is 352 g/mol. The van der Waals surface area contributed by atoms with Crippen molar-refractivity contribution in [1.82, 2.24) is 10.1 Å². The summed E-state index contributed by atoms with van der Waals surface area (Å²) in [6.07, 6.45) is 0. The van der Waals surface area contributed by atoms with Crippen LogP contribution < -0.4 is 4.74 Å². The molecule has 9 heteroatoms. The molecule has 0 aliphatic heterocycles. The van der Waals surface area contributed by atoms with Crippen molar-refractivity contribution in [2.75, 3.05) is 26.8 Å². The molecule has 0 aliphatic carbocycles. The summed E-state index contributed by atoms with van der Waals surface area (Å²) in [4.78, 5) is 24.3. The molecule has 0 unspecified atom stereocenters. The minimum absolute atomic E-state index is 0.0411. The van der Waals surface area contributed by atoms with Gasteiger partial charge in [0.15, 0.2) is 23.0 Å². The molecular weight excluding hydrogens is 335 g/mol. The summed E-state index contributed by atoms with van der Waals surface area (Å²) < 4.78 is 28.6. The predicted octanol–water partition coefficient (Wildman–Crippen LogP) is 1.57. The third-order valence-electron chi connectivity index (χ3n) is 3.16. The summed E-state index contributed by atoms with van der Waals surface area (Å²) in [6, 6.07) is 7.18. The number of carboxylic acid groups (broad SMARTS) is 1. The molecule has 2 rings (SSSR count). The lowest BCUT2D eigenvalue weighted by molar-refractivity contribution is -0.137. The van der Waals surface area contributed by atoms with Crippen molar-refractivity contribution >= 4 is 11.9 Å². The van der Waals surface area contributed by atoms with Crippen LogP contribution in [0.1, 0.15) is 16.2 Å². The van der Waals surface area contributed by atoms with Gasteiger partial charge in [-0.15, -0.1) is 0 Å². The third kappa shape index (κ3) is 5.28. The van der Waals surface area contributed by atoms with E-state index in [1.54, 1.807) is 6.07 Å². The zero-order valence-corrected chi connectivity index (χ0v) is 13.5. The van der Waals surface area contributed by atoms with Gasteiger partial charge in [0.2, 0.25) is 0 Å². The Morgan fingerprint density at radius 1 is 1.36 bits per heavy atom. The Bertz CT molecular complexity index is 733. The number of methoxy groups -OCH3 is 1. The first-order chi connectivity index (χ1) is 12.0. The van der Waals surface area contributed by atoms with E-state index in [0.29, 0.717) is 0 Å². The molecule has 0 aliphatic rings. The van der Waals surface area contributed by atoms with Crippen LogP contribution in [0.5, 0.6) is 5.75 Å². The summed E-state index contributed by atoms with van der Waals surface area (Å²) in [6.45, 7) is -0.343. The maximum Gasteiger partial charge on any atom is 0.323 e. The van der Waals surface area contributed by atoms with Crippen molar-refractivity contribution in [2.24, 2.45) is 0 Å². The van der Waals surface area contributed by atoms with Gasteiger partial charge in [0.25, 0.3) is 5.91 Å². The van der Waals surface area contributed by atoms with Gasteiger partial charge in [-0.2, -0.15) is 0 Å². The molecule has 1 N–H and O–H groups in total. The Hall–Kier alpha value is -2.94. The quantitative estimate of drug-likeness (QED) is 0.731. The Balaban J connectivity index is 2.01. The highest BCUT2D eigenvalue weighted by molar-refractivity contribution is 5.94. The van der Waals surface area contributed by atoms with Crippen LogP contribution in [-0.2, 0) is 16.1 Å². The minimum Gasteiger partial charge on any atom is -0.482 e. The molecular formula is C16H17FN2O6. The first-order valence-electron chi connectivity index (χ1n) is 7.34. The van der Waals surface area contributed by atoms with Gasteiger partial charge in [-0.25, -0.2) is 4.39 Å². The van der Waals surface area contributed by atoms with Gasteiger partial charge in [-0.3, -0.25) is 9.59 Å². The minimum atomic E-state index is -1.16. The first-order valence-corrected chi connectivity index (χ1v) is 7.34. The number of para-hydroxylation sites is 1. The Morgan fingerprint density at radius 2 is 2.12 bits per heavy atom. The highest BCUT2D eigenvalue weighted by atomic mass is 19.1. The Labute approximate surface area is 142 Å². The summed E-state index contributed by atoms with van der Waals surface area (Å²) in [5, 5.41) is 12.5. The van der Waals surface area contributed by atoms with E-state index in [0.717, 1.165) is 4.90 Å². The average molecular weight is 352 g/mol. The van der Waals surface area contributed by atoms with Crippen LogP contribution in [0, 0.1) is 5.82 Å². The van der Waals surface area contributed by atoms with Crippen molar-refractivity contribution in [3.63, 3.8) is 0 Å². The van der Waals surface area contributed by atoms with Gasteiger partial charge < -0.3 is 24.0 Å². The molecule has 0 atom stereocenters. The summed E-state index contributed by atoms with van der Waals surface area (Å²) in [5.41, 5.74) is -0.0653. The lowest BCUT2D eigenvalue weighted by atomic mass is 10.3. The number of carbonyl (C=O) groups is 2. The standard InChI is InChI=1S/C16H17FN2O6/c1-23-7-6-19(9-15(20)21)16(22)13-8-11(25-18-13)10-24-14-5-3-2-4-12(14)17/h2-5,8H,6-7,9-10H2,1H3,(H,20,21). The number of benzene rings is 1. The maximum atomic E-state index is 13.5. The molecule has 0 bridgehead atoms. The van der Waals surface area contributed by atoms with Crippen molar-refractivity contribution in [3.05, 3.63) is 47.6 Å². The number of rotatable bonds is 9.